The molecule has 1 atom stereocenters. The average molecular weight is 292 g/mol. The second-order valence-corrected chi connectivity index (χ2v) is 6.02. The summed E-state index contributed by atoms with van der Waals surface area (Å²) in [4.78, 5) is 4.98. The van der Waals surface area contributed by atoms with Crippen LogP contribution in [0.3, 0.4) is 0 Å². The first-order valence-electron chi connectivity index (χ1n) is 7.85. The second-order valence-electron chi connectivity index (χ2n) is 6.02. The number of nitrogens with one attached hydrogen (secondary N) is 1. The zero-order valence-electron chi connectivity index (χ0n) is 13.0. The van der Waals surface area contributed by atoms with Gasteiger partial charge in [0, 0.05) is 18.2 Å². The van der Waals surface area contributed by atoms with Crippen molar-refractivity contribution in [2.75, 3.05) is 19.0 Å². The number of aryl methyl sites for hydroxylation is 2. The molecule has 0 bridgehead atoms. The van der Waals surface area contributed by atoms with Crippen LogP contribution in [0.25, 0.3) is 6.08 Å². The van der Waals surface area contributed by atoms with Crippen molar-refractivity contribution in [1.29, 1.82) is 0 Å². The van der Waals surface area contributed by atoms with Gasteiger partial charge in [-0.05, 0) is 48.6 Å². The van der Waals surface area contributed by atoms with Crippen molar-refractivity contribution in [3.8, 4) is 5.75 Å². The minimum absolute atomic E-state index is 0.306. The third kappa shape index (κ3) is 2.00. The van der Waals surface area contributed by atoms with Gasteiger partial charge in [-0.2, -0.15) is 0 Å². The van der Waals surface area contributed by atoms with Crippen molar-refractivity contribution < 1.29 is 4.74 Å². The summed E-state index contributed by atoms with van der Waals surface area (Å²) in [5.74, 6) is 1.22. The number of methoxy groups -OCH3 is 1. The van der Waals surface area contributed by atoms with Gasteiger partial charge >= 0.3 is 0 Å². The molecule has 1 aliphatic heterocycles. The Morgan fingerprint density at radius 3 is 3.09 bits per heavy atom. The molecule has 2 aromatic rings. The fourth-order valence-corrected chi connectivity index (χ4v) is 3.57. The van der Waals surface area contributed by atoms with E-state index in [1.165, 1.54) is 28.1 Å². The molecular formula is C19H20N2O. The van der Waals surface area contributed by atoms with Gasteiger partial charge < -0.3 is 10.1 Å². The summed E-state index contributed by atoms with van der Waals surface area (Å²) in [6.07, 6.45) is 6.60. The molecular weight excluding hydrogens is 272 g/mol. The molecule has 1 aromatic carbocycles. The maximum Gasteiger partial charge on any atom is 0.142 e. The number of hydrogen-bond acceptors (Lipinski definition) is 3. The topological polar surface area (TPSA) is 34.1 Å². The molecule has 1 N–H and O–H groups in total. The number of pyridine rings is 1. The highest BCUT2D eigenvalue weighted by Gasteiger charge is 2.28. The van der Waals surface area contributed by atoms with E-state index in [2.05, 4.69) is 42.6 Å². The maximum atomic E-state index is 5.46. The zero-order valence-corrected chi connectivity index (χ0v) is 13.0. The molecule has 112 valence electrons. The van der Waals surface area contributed by atoms with Crippen molar-refractivity contribution >= 4 is 11.8 Å². The van der Waals surface area contributed by atoms with Gasteiger partial charge in [0.1, 0.15) is 5.75 Å². The van der Waals surface area contributed by atoms with E-state index < -0.39 is 0 Å². The van der Waals surface area contributed by atoms with Crippen molar-refractivity contribution in [2.24, 2.45) is 0 Å². The van der Waals surface area contributed by atoms with E-state index in [1.807, 2.05) is 6.07 Å². The van der Waals surface area contributed by atoms with Crippen LogP contribution in [-0.4, -0.2) is 18.6 Å². The predicted molar refractivity (Wildman–Crippen MR) is 89.7 cm³/mol. The first kappa shape index (κ1) is 13.4. The number of aromatic nitrogens is 1. The zero-order chi connectivity index (χ0) is 15.1. The SMILES string of the molecule is COc1cccc2c1NCC2c1cc(C)c2c(n1)CCC=C2. The molecule has 2 aliphatic rings. The Morgan fingerprint density at radius 1 is 1.32 bits per heavy atom. The molecule has 1 aliphatic carbocycles. The van der Waals surface area contributed by atoms with E-state index in [-0.39, 0.29) is 0 Å². The molecule has 0 fully saturated rings. The second kappa shape index (κ2) is 5.16. The van der Waals surface area contributed by atoms with Crippen LogP contribution < -0.4 is 10.1 Å². The number of anilines is 1. The Bertz CT molecular complexity index is 764. The monoisotopic (exact) mass is 292 g/mol. The third-order valence-electron chi connectivity index (χ3n) is 4.69. The Labute approximate surface area is 131 Å². The van der Waals surface area contributed by atoms with Crippen LogP contribution in [0.1, 0.15) is 40.4 Å². The van der Waals surface area contributed by atoms with Crippen LogP contribution in [0.4, 0.5) is 5.69 Å². The summed E-state index contributed by atoms with van der Waals surface area (Å²) >= 11 is 0. The number of fused-ring (bicyclic) bond motifs is 2. The molecule has 0 saturated heterocycles. The third-order valence-corrected chi connectivity index (χ3v) is 4.69. The normalized spacial score (nSPS) is 18.5. The van der Waals surface area contributed by atoms with E-state index in [4.69, 9.17) is 9.72 Å². The van der Waals surface area contributed by atoms with E-state index in [0.29, 0.717) is 5.92 Å². The smallest absolute Gasteiger partial charge is 0.142 e. The van der Waals surface area contributed by atoms with Gasteiger partial charge in [0.25, 0.3) is 0 Å². The highest BCUT2D eigenvalue weighted by Crippen LogP contribution is 2.41. The lowest BCUT2D eigenvalue weighted by molar-refractivity contribution is 0.416. The van der Waals surface area contributed by atoms with Crippen molar-refractivity contribution in [2.45, 2.75) is 25.7 Å². The van der Waals surface area contributed by atoms with Crippen molar-refractivity contribution in [1.82, 2.24) is 4.98 Å². The number of nitrogens with zero attached hydrogens (tertiary/aromatic N) is 1. The Morgan fingerprint density at radius 2 is 2.23 bits per heavy atom. The van der Waals surface area contributed by atoms with Gasteiger partial charge in [-0.15, -0.1) is 0 Å². The van der Waals surface area contributed by atoms with Crippen LogP contribution in [0.15, 0.2) is 30.3 Å². The van der Waals surface area contributed by atoms with Gasteiger partial charge in [0.15, 0.2) is 0 Å². The van der Waals surface area contributed by atoms with E-state index >= 15 is 0 Å². The molecule has 3 nitrogen and oxygen atoms in total. The fourth-order valence-electron chi connectivity index (χ4n) is 3.57. The summed E-state index contributed by atoms with van der Waals surface area (Å²) in [5.41, 5.74) is 7.46. The van der Waals surface area contributed by atoms with Crippen LogP contribution in [-0.2, 0) is 6.42 Å². The minimum Gasteiger partial charge on any atom is -0.495 e. The predicted octanol–water partition coefficient (Wildman–Crippen LogP) is 3.92. The number of hydrogen-bond donors (Lipinski definition) is 1. The number of rotatable bonds is 2. The van der Waals surface area contributed by atoms with Crippen LogP contribution in [0.2, 0.25) is 0 Å². The maximum absolute atomic E-state index is 5.46. The van der Waals surface area contributed by atoms with Gasteiger partial charge in [0.05, 0.1) is 18.5 Å². The minimum atomic E-state index is 0.306. The summed E-state index contributed by atoms with van der Waals surface area (Å²) in [6.45, 7) is 3.07. The molecule has 1 aromatic heterocycles. The number of allylic oxidation sites excluding steroid dienone is 1. The first-order chi connectivity index (χ1) is 10.8. The van der Waals surface area contributed by atoms with Gasteiger partial charge in [-0.25, -0.2) is 0 Å². The van der Waals surface area contributed by atoms with Gasteiger partial charge in [-0.3, -0.25) is 4.98 Å². The van der Waals surface area contributed by atoms with Gasteiger partial charge in [-0.1, -0.05) is 24.3 Å². The van der Waals surface area contributed by atoms with E-state index in [1.54, 1.807) is 7.11 Å². The summed E-state index contributed by atoms with van der Waals surface area (Å²) in [7, 11) is 1.72. The Hall–Kier alpha value is -2.29. The van der Waals surface area contributed by atoms with Crippen LogP contribution >= 0.6 is 0 Å². The molecule has 0 spiro atoms. The average Bonchev–Trinajstić information content (AvgIpc) is 2.99. The lowest BCUT2D eigenvalue weighted by Crippen LogP contribution is -2.10. The molecule has 3 heteroatoms. The lowest BCUT2D eigenvalue weighted by Gasteiger charge is -2.17. The van der Waals surface area contributed by atoms with E-state index in [0.717, 1.165) is 30.8 Å². The molecule has 1 unspecified atom stereocenters. The number of para-hydroxylation sites is 1. The number of benzene rings is 1. The van der Waals surface area contributed by atoms with Crippen molar-refractivity contribution in [3.05, 3.63) is 58.4 Å². The van der Waals surface area contributed by atoms with Gasteiger partial charge in [0.2, 0.25) is 0 Å². The van der Waals surface area contributed by atoms with Crippen LogP contribution in [0, 0.1) is 6.92 Å². The highest BCUT2D eigenvalue weighted by molar-refractivity contribution is 5.69. The molecule has 2 heterocycles. The van der Waals surface area contributed by atoms with Crippen LogP contribution in [0.5, 0.6) is 5.75 Å². The Balaban J connectivity index is 1.80. The summed E-state index contributed by atoms with van der Waals surface area (Å²) < 4.78 is 5.46. The first-order valence-corrected chi connectivity index (χ1v) is 7.85. The molecule has 22 heavy (non-hydrogen) atoms. The fraction of sp³-hybridized carbons (Fsp3) is 0.316. The van der Waals surface area contributed by atoms with E-state index in [9.17, 15) is 0 Å². The lowest BCUT2D eigenvalue weighted by atomic mass is 9.92. The number of ether oxygens (including phenoxy) is 1. The molecule has 0 amide bonds. The molecule has 4 rings (SSSR count). The van der Waals surface area contributed by atoms with Crippen molar-refractivity contribution in [3.63, 3.8) is 0 Å². The summed E-state index contributed by atoms with van der Waals surface area (Å²) in [6, 6.07) is 8.49. The largest absolute Gasteiger partial charge is 0.495 e. The molecule has 0 radical (unpaired) electrons. The Kier molecular flexibility index (Phi) is 3.14. The highest BCUT2D eigenvalue weighted by atomic mass is 16.5. The molecule has 0 saturated carbocycles. The summed E-state index contributed by atoms with van der Waals surface area (Å²) in [5, 5.41) is 3.49. The standard InChI is InChI=1S/C19H20N2O/c1-12-10-17(21-16-8-4-3-6-13(12)16)15-11-20-19-14(15)7-5-9-18(19)22-2/h3,5-7,9-10,15,20H,4,8,11H2,1-2H3. The quantitative estimate of drug-likeness (QED) is 0.911.